The molecule has 0 amide bonds. The normalized spacial score (nSPS) is 18.9. The van der Waals surface area contributed by atoms with Gasteiger partial charge in [-0.15, -0.1) is 16.9 Å². The smallest absolute Gasteiger partial charge is 0.134 e. The highest BCUT2D eigenvalue weighted by Crippen LogP contribution is 2.38. The van der Waals surface area contributed by atoms with Crippen molar-refractivity contribution >= 4 is 23.4 Å². The molecule has 0 spiro atoms. The average Bonchev–Trinajstić information content (AvgIpc) is 2.71. The molecule has 0 N–H and O–H groups in total. The van der Waals surface area contributed by atoms with Crippen molar-refractivity contribution in [3.8, 4) is 6.07 Å². The number of nitrogens with zero attached hydrogens (tertiary/aromatic N) is 3. The molecule has 1 aromatic carbocycles. The maximum Gasteiger partial charge on any atom is 0.134 e. The number of thioether (sulfide) groups is 1. The van der Waals surface area contributed by atoms with Gasteiger partial charge in [-0.25, -0.2) is 0 Å². The summed E-state index contributed by atoms with van der Waals surface area (Å²) in [5.74, 6) is 0. The Morgan fingerprint density at radius 2 is 2.31 bits per heavy atom. The van der Waals surface area contributed by atoms with Crippen molar-refractivity contribution in [3.05, 3.63) is 45.5 Å². The van der Waals surface area contributed by atoms with Crippen LogP contribution >= 0.6 is 23.4 Å². The van der Waals surface area contributed by atoms with Crippen LogP contribution in [0.3, 0.4) is 0 Å². The maximum absolute atomic E-state index is 9.09. The summed E-state index contributed by atoms with van der Waals surface area (Å²) in [7, 11) is 0. The lowest BCUT2D eigenvalue weighted by atomic mass is 10.0. The van der Waals surface area contributed by atoms with Gasteiger partial charge in [0.25, 0.3) is 0 Å². The van der Waals surface area contributed by atoms with Crippen LogP contribution in [0, 0.1) is 11.3 Å². The molecule has 80 valence electrons. The van der Waals surface area contributed by atoms with Crippen molar-refractivity contribution in [3.63, 3.8) is 0 Å². The highest BCUT2D eigenvalue weighted by Gasteiger charge is 2.25. The number of hydrogen-bond donors (Lipinski definition) is 0. The largest absolute Gasteiger partial charge is 0.193 e. The summed E-state index contributed by atoms with van der Waals surface area (Å²) in [5.41, 5.74) is 1.49. The van der Waals surface area contributed by atoms with Gasteiger partial charge in [0.05, 0.1) is 5.57 Å². The molecule has 1 aromatic rings. The Bertz CT molecular complexity index is 516. The Labute approximate surface area is 103 Å². The van der Waals surface area contributed by atoms with Crippen molar-refractivity contribution in [2.45, 2.75) is 6.04 Å². The molecule has 3 nitrogen and oxygen atoms in total. The van der Waals surface area contributed by atoms with E-state index in [-0.39, 0.29) is 6.04 Å². The first-order valence-corrected chi connectivity index (χ1v) is 6.21. The molecule has 1 unspecified atom stereocenters. The zero-order valence-electron chi connectivity index (χ0n) is 8.51. The second-order valence-corrected chi connectivity index (χ2v) is 4.44. The molecule has 2 rings (SSSR count). The van der Waals surface area contributed by atoms with Crippen LogP contribution in [0.2, 0.25) is 5.02 Å². The van der Waals surface area contributed by atoms with Crippen molar-refractivity contribution in [1.29, 1.82) is 5.26 Å². The molecule has 0 aromatic heterocycles. The highest BCUT2D eigenvalue weighted by atomic mass is 35.5. The van der Waals surface area contributed by atoms with Gasteiger partial charge in [-0.2, -0.15) is 10.4 Å². The van der Waals surface area contributed by atoms with Crippen LogP contribution in [0.25, 0.3) is 0 Å². The standard InChI is InChI=1S/C11H8ClN3S/c1-16-11-9(6-13)10(14-15-11)7-3-2-4-8(12)5-7/h2-5,10H,1H3. The van der Waals surface area contributed by atoms with Gasteiger partial charge in [0.2, 0.25) is 0 Å². The van der Waals surface area contributed by atoms with Crippen LogP contribution < -0.4 is 0 Å². The Hall–Kier alpha value is -1.31. The maximum atomic E-state index is 9.09. The summed E-state index contributed by atoms with van der Waals surface area (Å²) in [6, 6.07) is 9.21. The minimum absolute atomic E-state index is 0.300. The molecule has 5 heteroatoms. The van der Waals surface area contributed by atoms with Gasteiger partial charge in [0.1, 0.15) is 17.1 Å². The lowest BCUT2D eigenvalue weighted by Crippen LogP contribution is -1.95. The monoisotopic (exact) mass is 249 g/mol. The number of benzene rings is 1. The predicted molar refractivity (Wildman–Crippen MR) is 65.2 cm³/mol. The molecule has 16 heavy (non-hydrogen) atoms. The minimum atomic E-state index is -0.300. The molecule has 0 aliphatic carbocycles. The second kappa shape index (κ2) is 4.69. The van der Waals surface area contributed by atoms with E-state index in [0.717, 1.165) is 5.56 Å². The number of rotatable bonds is 2. The van der Waals surface area contributed by atoms with Gasteiger partial charge >= 0.3 is 0 Å². The van der Waals surface area contributed by atoms with E-state index >= 15 is 0 Å². The molecule has 1 aliphatic heterocycles. The minimum Gasteiger partial charge on any atom is -0.193 e. The molecule has 0 bridgehead atoms. The summed E-state index contributed by atoms with van der Waals surface area (Å²) >= 11 is 7.34. The van der Waals surface area contributed by atoms with Crippen LogP contribution in [0.4, 0.5) is 0 Å². The first-order chi connectivity index (χ1) is 7.76. The molecular formula is C11H8ClN3S. The summed E-state index contributed by atoms with van der Waals surface area (Å²) in [4.78, 5) is 0. The number of nitriles is 1. The molecule has 1 heterocycles. The zero-order chi connectivity index (χ0) is 11.5. The summed E-state index contributed by atoms with van der Waals surface area (Å²) in [5, 5.41) is 18.5. The quantitative estimate of drug-likeness (QED) is 0.797. The molecule has 1 atom stereocenters. The molecule has 0 radical (unpaired) electrons. The van der Waals surface area contributed by atoms with Crippen LogP contribution in [0.15, 0.2) is 45.1 Å². The first kappa shape index (κ1) is 11.2. The Morgan fingerprint density at radius 3 is 2.94 bits per heavy atom. The van der Waals surface area contributed by atoms with E-state index in [1.807, 2.05) is 24.5 Å². The number of azo groups is 1. The van der Waals surface area contributed by atoms with E-state index in [2.05, 4.69) is 16.3 Å². The van der Waals surface area contributed by atoms with E-state index in [0.29, 0.717) is 15.6 Å². The fraction of sp³-hybridized carbons (Fsp3) is 0.182. The molecule has 0 saturated carbocycles. The lowest BCUT2D eigenvalue weighted by Gasteiger charge is -2.06. The third kappa shape index (κ3) is 1.97. The predicted octanol–water partition coefficient (Wildman–Crippen LogP) is 3.95. The highest BCUT2D eigenvalue weighted by molar-refractivity contribution is 8.02. The molecule has 0 fully saturated rings. The first-order valence-electron chi connectivity index (χ1n) is 4.61. The van der Waals surface area contributed by atoms with Gasteiger partial charge in [-0.1, -0.05) is 23.7 Å². The summed E-state index contributed by atoms with van der Waals surface area (Å²) in [6.07, 6.45) is 1.88. The van der Waals surface area contributed by atoms with Gasteiger partial charge in [0, 0.05) is 5.02 Å². The van der Waals surface area contributed by atoms with Crippen LogP contribution in [-0.2, 0) is 0 Å². The fourth-order valence-electron chi connectivity index (χ4n) is 1.51. The van der Waals surface area contributed by atoms with Crippen LogP contribution in [0.1, 0.15) is 11.6 Å². The summed E-state index contributed by atoms with van der Waals surface area (Å²) < 4.78 is 0. The second-order valence-electron chi connectivity index (χ2n) is 3.21. The summed E-state index contributed by atoms with van der Waals surface area (Å²) in [6.45, 7) is 0. The Kier molecular flexibility index (Phi) is 3.28. The van der Waals surface area contributed by atoms with E-state index in [4.69, 9.17) is 16.9 Å². The van der Waals surface area contributed by atoms with E-state index in [1.165, 1.54) is 11.8 Å². The number of halogens is 1. The van der Waals surface area contributed by atoms with Gasteiger partial charge in [-0.05, 0) is 24.0 Å². The van der Waals surface area contributed by atoms with Gasteiger partial charge in [-0.3, -0.25) is 0 Å². The Morgan fingerprint density at radius 1 is 1.50 bits per heavy atom. The number of hydrogen-bond acceptors (Lipinski definition) is 4. The molecule has 0 saturated heterocycles. The van der Waals surface area contributed by atoms with Crippen LogP contribution in [-0.4, -0.2) is 6.26 Å². The van der Waals surface area contributed by atoms with Gasteiger partial charge in [0.15, 0.2) is 0 Å². The fourth-order valence-corrected chi connectivity index (χ4v) is 2.21. The molecule has 1 aliphatic rings. The Balaban J connectivity index is 2.42. The van der Waals surface area contributed by atoms with Crippen molar-refractivity contribution < 1.29 is 0 Å². The topological polar surface area (TPSA) is 48.5 Å². The van der Waals surface area contributed by atoms with Crippen LogP contribution in [0.5, 0.6) is 0 Å². The average molecular weight is 250 g/mol. The lowest BCUT2D eigenvalue weighted by molar-refractivity contribution is 0.856. The van der Waals surface area contributed by atoms with E-state index in [1.54, 1.807) is 6.07 Å². The van der Waals surface area contributed by atoms with E-state index < -0.39 is 0 Å². The third-order valence-corrected chi connectivity index (χ3v) is 3.17. The van der Waals surface area contributed by atoms with E-state index in [9.17, 15) is 0 Å². The third-order valence-electron chi connectivity index (χ3n) is 2.25. The van der Waals surface area contributed by atoms with Crippen molar-refractivity contribution in [2.75, 3.05) is 6.26 Å². The van der Waals surface area contributed by atoms with Crippen molar-refractivity contribution in [1.82, 2.24) is 0 Å². The van der Waals surface area contributed by atoms with Gasteiger partial charge < -0.3 is 0 Å². The van der Waals surface area contributed by atoms with Crippen molar-refractivity contribution in [2.24, 2.45) is 10.2 Å². The SMILES string of the molecule is CSC1=C(C#N)C(c2cccc(Cl)c2)N=N1. The zero-order valence-corrected chi connectivity index (χ0v) is 10.1. The molecular weight excluding hydrogens is 242 g/mol.